The number of benzene rings is 4. The topological polar surface area (TPSA) is 291 Å². The summed E-state index contributed by atoms with van der Waals surface area (Å²) in [6.07, 6.45) is 0.606. The van der Waals surface area contributed by atoms with Crippen molar-refractivity contribution < 1.29 is 83.7 Å². The average Bonchev–Trinajstić information content (AvgIpc) is 3.53. The maximum absolute atomic E-state index is 14.5. The standard InChI is InChI=1S/C19H14F2N4O4.C16H15ClF2N2O2.C9H8F2O2.C7H8Cl2N2.C6H3F2NO3/c1-9(2)11-5-17(23-8-16(11)27)29-19-12(20)3-10(4-13(19)21)25-18(28)6-15(26)14(7-22)24-25;1-8(2)11-7-14(20-21-16(11)17)23-15-12(18)5-10(4-9(3)22)6-13(15)19;1-5(12)2-6-3-7(10)9(13)8(11)4-6;1-4(2)5-3-6(8)10-11-7(5)9;7-4-1-3(9(11)12)2-5(8)6(4)10/h3-5,9H,6,8H2,1-2H3;5-8H,4H2,1-3H3;3-4,13H,2H2,1H3;3-4H,1-2H3;1-2,10H. The van der Waals surface area contributed by atoms with E-state index in [1.54, 1.807) is 19.9 Å². The number of phenolic OH excluding ortho intramolecular Hbond substituents is 2. The van der Waals surface area contributed by atoms with E-state index in [0.717, 1.165) is 42.0 Å². The number of aromatic nitrogens is 4. The fourth-order valence-electron chi connectivity index (χ4n) is 7.18. The molecule has 0 unspecified atom stereocenters. The number of halogens is 11. The van der Waals surface area contributed by atoms with Gasteiger partial charge in [0.25, 0.3) is 11.6 Å². The number of rotatable bonds is 12. The summed E-state index contributed by atoms with van der Waals surface area (Å²) in [7, 11) is 0. The highest BCUT2D eigenvalue weighted by Crippen LogP contribution is 2.33. The summed E-state index contributed by atoms with van der Waals surface area (Å²) >= 11 is 17.3. The Labute approximate surface area is 509 Å². The number of non-ortho nitro benzene ring substituents is 1. The highest BCUT2D eigenvalue weighted by atomic mass is 35.5. The van der Waals surface area contributed by atoms with Gasteiger partial charge in [0, 0.05) is 42.7 Å². The minimum atomic E-state index is -1.35. The Balaban J connectivity index is 0.000000249. The summed E-state index contributed by atoms with van der Waals surface area (Å²) in [5.74, 6) is -14.6. The number of aromatic hydroxyl groups is 2. The van der Waals surface area contributed by atoms with Crippen molar-refractivity contribution in [1.82, 2.24) is 20.4 Å². The van der Waals surface area contributed by atoms with Crippen LogP contribution in [0.25, 0.3) is 0 Å². The minimum Gasteiger partial charge on any atom is -0.503 e. The lowest BCUT2D eigenvalue weighted by atomic mass is 9.97. The van der Waals surface area contributed by atoms with Gasteiger partial charge in [-0.05, 0) is 84.2 Å². The number of phenols is 2. The predicted octanol–water partition coefficient (Wildman–Crippen LogP) is 12.8. The molecule has 0 radical (unpaired) electrons. The van der Waals surface area contributed by atoms with Gasteiger partial charge in [-0.1, -0.05) is 76.3 Å². The first-order valence-electron chi connectivity index (χ1n) is 25.3. The number of amides is 1. The number of hydrogen-bond acceptors (Lipinski definition) is 18. The van der Waals surface area contributed by atoms with Crippen LogP contribution in [0.1, 0.15) is 95.9 Å². The quantitative estimate of drug-likeness (QED) is 0.0498. The fraction of sp³-hybridized carbons (Fsp3) is 0.263. The molecule has 8 rings (SSSR count). The number of nitro benzene ring substituents is 1. The molecule has 464 valence electrons. The van der Waals surface area contributed by atoms with Crippen molar-refractivity contribution in [3.05, 3.63) is 167 Å². The summed E-state index contributed by atoms with van der Waals surface area (Å²) in [6, 6.07) is 11.2. The molecule has 0 saturated heterocycles. The smallest absolute Gasteiger partial charge is 0.275 e. The predicted molar refractivity (Wildman–Crippen MR) is 303 cm³/mol. The number of ketones is 4. The van der Waals surface area contributed by atoms with Crippen LogP contribution in [0.3, 0.4) is 0 Å². The summed E-state index contributed by atoms with van der Waals surface area (Å²) in [6.45, 7) is 13.9. The van der Waals surface area contributed by atoms with Crippen LogP contribution in [0.4, 0.5) is 46.5 Å². The molecule has 0 fully saturated rings. The van der Waals surface area contributed by atoms with Crippen molar-refractivity contribution in [3.63, 3.8) is 0 Å². The average molecular weight is 1290 g/mol. The third-order valence-corrected chi connectivity index (χ3v) is 12.1. The van der Waals surface area contributed by atoms with Crippen LogP contribution in [0.2, 0.25) is 15.5 Å². The molecule has 0 saturated carbocycles. The number of aliphatic imine (C=N–C) groups is 1. The zero-order valence-electron chi connectivity index (χ0n) is 47.2. The van der Waals surface area contributed by atoms with E-state index in [9.17, 15) is 69.2 Å². The first-order valence-corrected chi connectivity index (χ1v) is 26.4. The molecule has 6 aromatic rings. The van der Waals surface area contributed by atoms with E-state index in [0.29, 0.717) is 44.5 Å². The molecule has 31 heteroatoms. The largest absolute Gasteiger partial charge is 0.503 e. The summed E-state index contributed by atoms with van der Waals surface area (Å²) < 4.78 is 118. The molecule has 0 aliphatic carbocycles. The number of ether oxygens (including phenoxy) is 2. The van der Waals surface area contributed by atoms with Crippen LogP contribution in [0, 0.1) is 73.9 Å². The Hall–Kier alpha value is -9.33. The van der Waals surface area contributed by atoms with Gasteiger partial charge in [-0.15, -0.1) is 20.4 Å². The van der Waals surface area contributed by atoms with E-state index in [-0.39, 0.29) is 82.3 Å². The second kappa shape index (κ2) is 31.9. The van der Waals surface area contributed by atoms with Gasteiger partial charge in [-0.3, -0.25) is 34.1 Å². The lowest BCUT2D eigenvalue weighted by Gasteiger charge is -2.21. The van der Waals surface area contributed by atoms with Gasteiger partial charge in [0.2, 0.25) is 34.8 Å². The van der Waals surface area contributed by atoms with Crippen LogP contribution in [-0.2, 0) is 36.8 Å². The third kappa shape index (κ3) is 20.1. The molecular formula is C57H48Cl3F8N9O11. The van der Waals surface area contributed by atoms with Gasteiger partial charge in [0.1, 0.15) is 24.2 Å². The molecule has 2 aliphatic heterocycles. The van der Waals surface area contributed by atoms with E-state index < -0.39 is 104 Å². The van der Waals surface area contributed by atoms with Crippen molar-refractivity contribution in [2.24, 2.45) is 16.0 Å². The SMILES string of the molecule is CC(=O)Cc1cc(F)c(O)c(F)c1.CC(=O)Cc1cc(F)c(Oc2cc(C(C)C)c(Cl)nn2)c(F)c1.CC(C)C1=CC(Oc2c(F)cc(N3N=C(C#N)C(=O)CC3=O)cc2F)=NCC1=O.CC(C)c1cc(Cl)nnc1Cl.O=[N+]([O-])c1cc(F)c(O)c(F)c1. The van der Waals surface area contributed by atoms with E-state index in [2.05, 4.69) is 30.5 Å². The maximum Gasteiger partial charge on any atom is 0.275 e. The number of nitrogens with zero attached hydrogens (tertiary/aromatic N) is 9. The molecule has 2 aromatic heterocycles. The Bertz CT molecular complexity index is 3760. The fourth-order valence-corrected chi connectivity index (χ4v) is 7.96. The number of nitriles is 1. The van der Waals surface area contributed by atoms with Crippen molar-refractivity contribution in [2.45, 2.75) is 86.5 Å². The van der Waals surface area contributed by atoms with Crippen molar-refractivity contribution in [2.75, 3.05) is 11.6 Å². The zero-order valence-corrected chi connectivity index (χ0v) is 49.4. The van der Waals surface area contributed by atoms with Crippen LogP contribution in [0.5, 0.6) is 28.9 Å². The first kappa shape index (κ1) is 71.2. The Morgan fingerprint density at radius 1 is 0.648 bits per heavy atom. The number of Topliss-reactive ketones (excluding diaryl/α,β-unsaturated/α-hetero) is 4. The van der Waals surface area contributed by atoms with Gasteiger partial charge in [-0.25, -0.2) is 40.1 Å². The van der Waals surface area contributed by atoms with Crippen molar-refractivity contribution in [1.29, 1.82) is 5.26 Å². The summed E-state index contributed by atoms with van der Waals surface area (Å²) in [5, 5.41) is 56.0. The van der Waals surface area contributed by atoms with E-state index in [1.165, 1.54) is 32.1 Å². The van der Waals surface area contributed by atoms with Crippen LogP contribution in [-0.4, -0.2) is 82.7 Å². The van der Waals surface area contributed by atoms with Crippen LogP contribution < -0.4 is 14.5 Å². The number of anilines is 1. The Morgan fingerprint density at radius 3 is 1.53 bits per heavy atom. The van der Waals surface area contributed by atoms with Crippen LogP contribution in [0.15, 0.2) is 82.4 Å². The number of carbonyl (C=O) groups is 5. The monoisotopic (exact) mass is 1290 g/mol. The highest BCUT2D eigenvalue weighted by molar-refractivity contribution is 6.50. The zero-order chi connectivity index (χ0) is 66.2. The van der Waals surface area contributed by atoms with Crippen molar-refractivity contribution >= 4 is 86.8 Å². The van der Waals surface area contributed by atoms with Crippen molar-refractivity contribution in [3.8, 4) is 34.9 Å². The second-order valence-electron chi connectivity index (χ2n) is 19.4. The molecule has 2 N–H and O–H groups in total. The molecule has 88 heavy (non-hydrogen) atoms. The second-order valence-corrected chi connectivity index (χ2v) is 20.5. The molecule has 0 spiro atoms. The molecule has 0 atom stereocenters. The normalized spacial score (nSPS) is 12.6. The lowest BCUT2D eigenvalue weighted by molar-refractivity contribution is -0.385. The lowest BCUT2D eigenvalue weighted by Crippen LogP contribution is -2.36. The van der Waals surface area contributed by atoms with Gasteiger partial charge >= 0.3 is 0 Å². The molecule has 4 aromatic carbocycles. The molecular weight excluding hydrogens is 1250 g/mol. The van der Waals surface area contributed by atoms with E-state index in [1.807, 2.05) is 27.7 Å². The van der Waals surface area contributed by atoms with Gasteiger partial charge < -0.3 is 19.7 Å². The summed E-state index contributed by atoms with van der Waals surface area (Å²) in [5.41, 5.74) is 0.898. The highest BCUT2D eigenvalue weighted by Gasteiger charge is 2.31. The Kier molecular flexibility index (Phi) is 25.8. The van der Waals surface area contributed by atoms with Gasteiger partial charge in [-0.2, -0.15) is 15.4 Å². The number of dihydropyridines is 1. The molecule has 2 aliphatic rings. The number of carbonyl (C=O) groups excluding carboxylic acids is 5. The van der Waals surface area contributed by atoms with Gasteiger partial charge in [0.05, 0.1) is 29.2 Å². The molecule has 4 heterocycles. The third-order valence-electron chi connectivity index (χ3n) is 11.4. The van der Waals surface area contributed by atoms with E-state index in [4.69, 9.17) is 59.8 Å². The minimum absolute atomic E-state index is 0.0336. The number of hydrazone groups is 1. The van der Waals surface area contributed by atoms with Gasteiger partial charge in [0.15, 0.2) is 79.3 Å². The number of nitro groups is 1. The number of hydrogen-bond donors (Lipinski definition) is 2. The maximum atomic E-state index is 14.5. The molecule has 1 amide bonds. The Morgan fingerprint density at radius 2 is 1.09 bits per heavy atom. The van der Waals surface area contributed by atoms with E-state index >= 15 is 0 Å². The first-order chi connectivity index (χ1) is 41.1. The molecule has 0 bridgehead atoms. The molecule has 20 nitrogen and oxygen atoms in total. The van der Waals surface area contributed by atoms with Crippen LogP contribution >= 0.6 is 34.8 Å². The summed E-state index contributed by atoms with van der Waals surface area (Å²) in [4.78, 5) is 69.9.